The number of aldehydes is 1. The van der Waals surface area contributed by atoms with Gasteiger partial charge in [-0.05, 0) is 42.5 Å². The number of nitrogens with one attached hydrogen (secondary N) is 1. The highest BCUT2D eigenvalue weighted by atomic mass is 35.5. The van der Waals surface area contributed by atoms with Crippen LogP contribution in [0.25, 0.3) is 11.3 Å². The molecule has 0 radical (unpaired) electrons. The Hall–Kier alpha value is -3.32. The Bertz CT molecular complexity index is 961. The van der Waals surface area contributed by atoms with Gasteiger partial charge in [0.05, 0.1) is 23.4 Å². The van der Waals surface area contributed by atoms with Gasteiger partial charge in [0, 0.05) is 5.56 Å². The molecule has 0 bridgehead atoms. The van der Waals surface area contributed by atoms with Crippen LogP contribution in [0.4, 0.5) is 0 Å². The molecule has 0 atom stereocenters. The summed E-state index contributed by atoms with van der Waals surface area (Å²) in [5.74, 6) is -0.0827. The van der Waals surface area contributed by atoms with E-state index in [1.807, 2.05) is 0 Å². The lowest BCUT2D eigenvalue weighted by atomic mass is 10.1. The van der Waals surface area contributed by atoms with Crippen molar-refractivity contribution in [1.29, 1.82) is 0 Å². The second kappa shape index (κ2) is 8.37. The van der Waals surface area contributed by atoms with Crippen molar-refractivity contribution < 1.29 is 28.0 Å². The molecule has 7 nitrogen and oxygen atoms in total. The van der Waals surface area contributed by atoms with Crippen LogP contribution in [0.5, 0.6) is 0 Å². The molecule has 3 rings (SSSR count). The van der Waals surface area contributed by atoms with Crippen molar-refractivity contribution >= 4 is 29.8 Å². The van der Waals surface area contributed by atoms with E-state index in [0.717, 1.165) is 0 Å². The van der Waals surface area contributed by atoms with Crippen LogP contribution in [-0.4, -0.2) is 24.8 Å². The predicted octanol–water partition coefficient (Wildman–Crippen LogP) is 3.48. The van der Waals surface area contributed by atoms with Gasteiger partial charge < -0.3 is 18.9 Å². The van der Waals surface area contributed by atoms with Gasteiger partial charge in [0.15, 0.2) is 18.7 Å². The van der Waals surface area contributed by atoms with E-state index in [-0.39, 0.29) is 22.9 Å². The van der Waals surface area contributed by atoms with Gasteiger partial charge in [0.1, 0.15) is 11.5 Å². The summed E-state index contributed by atoms with van der Waals surface area (Å²) < 4.78 is 15.4. The van der Waals surface area contributed by atoms with Gasteiger partial charge in [-0.2, -0.15) is 0 Å². The lowest BCUT2D eigenvalue weighted by Crippen LogP contribution is -2.28. The van der Waals surface area contributed by atoms with E-state index in [9.17, 15) is 14.4 Å². The zero-order valence-electron chi connectivity index (χ0n) is 13.9. The Kier molecular flexibility index (Phi) is 5.73. The van der Waals surface area contributed by atoms with Gasteiger partial charge in [-0.25, -0.2) is 4.79 Å². The van der Waals surface area contributed by atoms with E-state index >= 15 is 0 Å². The zero-order valence-corrected chi connectivity index (χ0v) is 14.7. The molecule has 0 aliphatic carbocycles. The summed E-state index contributed by atoms with van der Waals surface area (Å²) in [6.45, 7) is -0.271. The Morgan fingerprint density at radius 1 is 1.19 bits per heavy atom. The highest BCUT2D eigenvalue weighted by Gasteiger charge is 2.16. The summed E-state index contributed by atoms with van der Waals surface area (Å²) in [6.07, 6.45) is 2.07. The van der Waals surface area contributed by atoms with Gasteiger partial charge in [-0.15, -0.1) is 0 Å². The second-order valence-corrected chi connectivity index (χ2v) is 5.85. The Morgan fingerprint density at radius 3 is 2.74 bits per heavy atom. The molecule has 3 aromatic rings. The summed E-state index contributed by atoms with van der Waals surface area (Å²) in [6, 6.07) is 11.1. The van der Waals surface area contributed by atoms with Crippen LogP contribution >= 0.6 is 11.6 Å². The zero-order chi connectivity index (χ0) is 19.2. The highest BCUT2D eigenvalue weighted by molar-refractivity contribution is 6.33. The third-order valence-electron chi connectivity index (χ3n) is 3.59. The van der Waals surface area contributed by atoms with E-state index in [1.165, 1.54) is 24.5 Å². The highest BCUT2D eigenvalue weighted by Crippen LogP contribution is 2.27. The number of halogens is 1. The van der Waals surface area contributed by atoms with E-state index in [0.29, 0.717) is 23.4 Å². The smallest absolute Gasteiger partial charge is 0.340 e. The molecule has 1 aromatic carbocycles. The van der Waals surface area contributed by atoms with Crippen molar-refractivity contribution in [1.82, 2.24) is 5.32 Å². The van der Waals surface area contributed by atoms with Crippen molar-refractivity contribution in [2.75, 3.05) is 6.61 Å². The van der Waals surface area contributed by atoms with Gasteiger partial charge in [0.2, 0.25) is 0 Å². The number of furan rings is 2. The van der Waals surface area contributed by atoms with Gasteiger partial charge >= 0.3 is 5.97 Å². The summed E-state index contributed by atoms with van der Waals surface area (Å²) >= 11 is 6.05. The summed E-state index contributed by atoms with van der Waals surface area (Å²) in [7, 11) is 0. The first kappa shape index (κ1) is 18.5. The van der Waals surface area contributed by atoms with Crippen LogP contribution in [0, 0.1) is 0 Å². The maximum atomic E-state index is 12.3. The van der Waals surface area contributed by atoms with Gasteiger partial charge in [-0.3, -0.25) is 9.59 Å². The molecular weight excluding hydrogens is 374 g/mol. The predicted molar refractivity (Wildman–Crippen MR) is 95.4 cm³/mol. The number of hydrogen-bond donors (Lipinski definition) is 1. The van der Waals surface area contributed by atoms with E-state index < -0.39 is 18.5 Å². The molecular formula is C19H14ClNO6. The first-order valence-electron chi connectivity index (χ1n) is 7.88. The largest absolute Gasteiger partial charge is 0.467 e. The summed E-state index contributed by atoms with van der Waals surface area (Å²) in [5, 5.41) is 2.73. The fraction of sp³-hybridized carbons (Fsp3) is 0.105. The van der Waals surface area contributed by atoms with Gasteiger partial charge in [0.25, 0.3) is 5.91 Å². The molecule has 27 heavy (non-hydrogen) atoms. The Balaban J connectivity index is 1.62. The molecule has 8 heteroatoms. The number of rotatable bonds is 7. The standard InChI is InChI=1S/C19H14ClNO6/c20-16-5-3-12(17-6-4-14(10-22)27-17)8-15(16)19(24)26-11-18(23)21-9-13-2-1-7-25-13/h1-8,10H,9,11H2,(H,21,23). The first-order valence-corrected chi connectivity index (χ1v) is 8.26. The minimum absolute atomic E-state index is 0.0806. The number of hydrogen-bond acceptors (Lipinski definition) is 6. The first-order chi connectivity index (χ1) is 13.1. The maximum absolute atomic E-state index is 12.3. The normalized spacial score (nSPS) is 10.4. The third-order valence-corrected chi connectivity index (χ3v) is 3.92. The fourth-order valence-electron chi connectivity index (χ4n) is 2.27. The van der Waals surface area contributed by atoms with Crippen molar-refractivity contribution in [2.45, 2.75) is 6.54 Å². The maximum Gasteiger partial charge on any atom is 0.340 e. The molecule has 1 amide bonds. The number of amides is 1. The third kappa shape index (κ3) is 4.65. The van der Waals surface area contributed by atoms with Crippen molar-refractivity contribution in [2.24, 2.45) is 0 Å². The van der Waals surface area contributed by atoms with Crippen LogP contribution < -0.4 is 5.32 Å². The Labute approximate surface area is 158 Å². The van der Waals surface area contributed by atoms with E-state index in [1.54, 1.807) is 24.3 Å². The van der Waals surface area contributed by atoms with Gasteiger partial charge in [-0.1, -0.05) is 11.6 Å². The molecule has 0 saturated heterocycles. The molecule has 0 aliphatic heterocycles. The average Bonchev–Trinajstić information content (AvgIpc) is 3.36. The van der Waals surface area contributed by atoms with Crippen LogP contribution in [0.2, 0.25) is 5.02 Å². The fourth-order valence-corrected chi connectivity index (χ4v) is 2.46. The van der Waals surface area contributed by atoms with E-state index in [4.69, 9.17) is 25.2 Å². The number of carbonyl (C=O) groups is 3. The van der Waals surface area contributed by atoms with Crippen LogP contribution in [0.3, 0.4) is 0 Å². The molecule has 0 spiro atoms. The molecule has 2 heterocycles. The number of carbonyl (C=O) groups excluding carboxylic acids is 3. The monoisotopic (exact) mass is 387 g/mol. The molecule has 138 valence electrons. The van der Waals surface area contributed by atoms with Crippen LogP contribution in [0.1, 0.15) is 26.7 Å². The summed E-state index contributed by atoms with van der Waals surface area (Å²) in [5.41, 5.74) is 0.624. The number of ether oxygens (including phenoxy) is 1. The molecule has 2 aromatic heterocycles. The van der Waals surface area contributed by atoms with Crippen molar-refractivity contribution in [3.63, 3.8) is 0 Å². The Morgan fingerprint density at radius 2 is 2.04 bits per heavy atom. The molecule has 0 fully saturated rings. The van der Waals surface area contributed by atoms with Crippen molar-refractivity contribution in [3.8, 4) is 11.3 Å². The number of benzene rings is 1. The summed E-state index contributed by atoms with van der Waals surface area (Å²) in [4.78, 5) is 34.8. The van der Waals surface area contributed by atoms with Crippen LogP contribution in [-0.2, 0) is 16.1 Å². The number of esters is 1. The molecule has 0 saturated carbocycles. The molecule has 0 aliphatic rings. The van der Waals surface area contributed by atoms with Crippen LogP contribution in [0.15, 0.2) is 57.6 Å². The average molecular weight is 388 g/mol. The second-order valence-electron chi connectivity index (χ2n) is 5.45. The van der Waals surface area contributed by atoms with Crippen molar-refractivity contribution in [3.05, 3.63) is 70.8 Å². The quantitative estimate of drug-likeness (QED) is 0.492. The lowest BCUT2D eigenvalue weighted by molar-refractivity contribution is -0.124. The molecule has 1 N–H and O–H groups in total. The molecule has 0 unspecified atom stereocenters. The lowest BCUT2D eigenvalue weighted by Gasteiger charge is -2.08. The SMILES string of the molecule is O=Cc1ccc(-c2ccc(Cl)c(C(=O)OCC(=O)NCc3ccco3)c2)o1. The topological polar surface area (TPSA) is 98.8 Å². The minimum Gasteiger partial charge on any atom is -0.467 e. The van der Waals surface area contributed by atoms with E-state index in [2.05, 4.69) is 5.32 Å². The minimum atomic E-state index is -0.753.